The molecule has 2 heterocycles. The number of aromatic nitrogens is 1. The number of urea groups is 1. The Morgan fingerprint density at radius 2 is 2.00 bits per heavy atom. The highest BCUT2D eigenvalue weighted by Gasteiger charge is 2.38. The number of carbonyl (C=O) groups is 1. The lowest BCUT2D eigenvalue weighted by molar-refractivity contribution is 0.149. The Morgan fingerprint density at radius 1 is 1.37 bits per heavy atom. The van der Waals surface area contributed by atoms with Crippen molar-refractivity contribution in [2.75, 3.05) is 5.32 Å². The lowest BCUT2D eigenvalue weighted by atomic mass is 9.80. The average molecular weight is 282 g/mol. The molecule has 1 aromatic rings. The van der Waals surface area contributed by atoms with E-state index in [4.69, 9.17) is 0 Å². The van der Waals surface area contributed by atoms with E-state index >= 15 is 0 Å². The summed E-state index contributed by atoms with van der Waals surface area (Å²) in [5, 5.41) is 11.9. The fourth-order valence-electron chi connectivity index (χ4n) is 3.03. The Kier molecular flexibility index (Phi) is 3.82. The van der Waals surface area contributed by atoms with E-state index in [1.807, 2.05) is 5.38 Å². The SMILES string of the molecule is CC1(C)CC(NC(=O)Nc2nccs2)CC(C)(C)N1. The lowest BCUT2D eigenvalue weighted by Crippen LogP contribution is -2.62. The lowest BCUT2D eigenvalue weighted by Gasteiger charge is -2.46. The molecule has 0 unspecified atom stereocenters. The number of piperidine rings is 1. The molecule has 0 spiro atoms. The van der Waals surface area contributed by atoms with Crippen LogP contribution in [0.3, 0.4) is 0 Å². The Balaban J connectivity index is 1.93. The van der Waals surface area contributed by atoms with Crippen LogP contribution in [0.4, 0.5) is 9.93 Å². The summed E-state index contributed by atoms with van der Waals surface area (Å²) in [7, 11) is 0. The third kappa shape index (κ3) is 4.18. The van der Waals surface area contributed by atoms with Crippen LogP contribution in [-0.4, -0.2) is 28.1 Å². The molecule has 2 rings (SSSR count). The minimum Gasteiger partial charge on any atom is -0.335 e. The molecule has 0 saturated carbocycles. The van der Waals surface area contributed by atoms with Crippen molar-refractivity contribution in [3.63, 3.8) is 0 Å². The van der Waals surface area contributed by atoms with E-state index in [9.17, 15) is 4.79 Å². The zero-order valence-corrected chi connectivity index (χ0v) is 12.7. The van der Waals surface area contributed by atoms with Gasteiger partial charge in [0.05, 0.1) is 0 Å². The number of nitrogens with zero attached hydrogens (tertiary/aromatic N) is 1. The third-order valence-electron chi connectivity index (χ3n) is 3.18. The second kappa shape index (κ2) is 5.09. The van der Waals surface area contributed by atoms with Gasteiger partial charge in [0.25, 0.3) is 0 Å². The number of rotatable bonds is 2. The van der Waals surface area contributed by atoms with Gasteiger partial charge in [0.1, 0.15) is 0 Å². The van der Waals surface area contributed by atoms with Gasteiger partial charge in [-0.05, 0) is 40.5 Å². The molecule has 0 aromatic carbocycles. The fraction of sp³-hybridized carbons (Fsp3) is 0.692. The molecule has 0 atom stereocenters. The zero-order chi connectivity index (χ0) is 14.1. The van der Waals surface area contributed by atoms with Crippen molar-refractivity contribution in [3.8, 4) is 0 Å². The van der Waals surface area contributed by atoms with E-state index in [-0.39, 0.29) is 23.2 Å². The number of carbonyl (C=O) groups excluding carboxylic acids is 1. The second-order valence-corrected chi connectivity index (χ2v) is 7.33. The Hall–Kier alpha value is -1.14. The minimum absolute atomic E-state index is 0.0286. The Morgan fingerprint density at radius 3 is 2.53 bits per heavy atom. The molecule has 5 nitrogen and oxygen atoms in total. The van der Waals surface area contributed by atoms with Gasteiger partial charge in [0.2, 0.25) is 0 Å². The topological polar surface area (TPSA) is 66.0 Å². The highest BCUT2D eigenvalue weighted by molar-refractivity contribution is 7.13. The standard InChI is InChI=1S/C13H22N4OS/c1-12(2)7-9(8-13(3,4)17-12)15-10(18)16-11-14-5-6-19-11/h5-6,9,17H,7-8H2,1-4H3,(H2,14,15,16,18). The van der Waals surface area contributed by atoms with Crippen LogP contribution < -0.4 is 16.0 Å². The molecule has 0 radical (unpaired) electrons. The summed E-state index contributed by atoms with van der Waals surface area (Å²) in [6.45, 7) is 8.67. The summed E-state index contributed by atoms with van der Waals surface area (Å²) in [5.74, 6) is 0. The molecule has 1 aliphatic heterocycles. The van der Waals surface area contributed by atoms with E-state index in [2.05, 4.69) is 48.6 Å². The maximum atomic E-state index is 11.9. The van der Waals surface area contributed by atoms with Gasteiger partial charge in [-0.25, -0.2) is 9.78 Å². The van der Waals surface area contributed by atoms with Gasteiger partial charge in [-0.3, -0.25) is 5.32 Å². The first-order chi connectivity index (χ1) is 8.76. The first-order valence-corrected chi connectivity index (χ1v) is 7.40. The molecule has 19 heavy (non-hydrogen) atoms. The number of hydrogen-bond acceptors (Lipinski definition) is 4. The molecule has 2 amide bonds. The second-order valence-electron chi connectivity index (χ2n) is 6.43. The zero-order valence-electron chi connectivity index (χ0n) is 11.9. The molecule has 3 N–H and O–H groups in total. The van der Waals surface area contributed by atoms with Gasteiger partial charge in [0.15, 0.2) is 5.13 Å². The molecular weight excluding hydrogens is 260 g/mol. The van der Waals surface area contributed by atoms with Gasteiger partial charge in [-0.2, -0.15) is 0 Å². The van der Waals surface area contributed by atoms with Crippen LogP contribution in [0.1, 0.15) is 40.5 Å². The molecule has 0 aliphatic carbocycles. The first kappa shape index (κ1) is 14.3. The van der Waals surface area contributed by atoms with Crippen LogP contribution in [-0.2, 0) is 0 Å². The van der Waals surface area contributed by atoms with E-state index in [1.54, 1.807) is 6.20 Å². The maximum Gasteiger partial charge on any atom is 0.321 e. The van der Waals surface area contributed by atoms with Crippen LogP contribution >= 0.6 is 11.3 Å². The summed E-state index contributed by atoms with van der Waals surface area (Å²) in [5.41, 5.74) is 0.0573. The van der Waals surface area contributed by atoms with Crippen molar-refractivity contribution < 1.29 is 4.79 Å². The van der Waals surface area contributed by atoms with Crippen LogP contribution in [0.2, 0.25) is 0 Å². The fourth-order valence-corrected chi connectivity index (χ4v) is 3.55. The van der Waals surface area contributed by atoms with Crippen molar-refractivity contribution in [3.05, 3.63) is 11.6 Å². The maximum absolute atomic E-state index is 11.9. The predicted molar refractivity (Wildman–Crippen MR) is 78.6 cm³/mol. The third-order valence-corrected chi connectivity index (χ3v) is 3.87. The highest BCUT2D eigenvalue weighted by atomic mass is 32.1. The monoisotopic (exact) mass is 282 g/mol. The van der Waals surface area contributed by atoms with Crippen molar-refractivity contribution in [2.24, 2.45) is 0 Å². The van der Waals surface area contributed by atoms with Crippen molar-refractivity contribution in [1.82, 2.24) is 15.6 Å². The molecule has 1 aliphatic rings. The smallest absolute Gasteiger partial charge is 0.321 e. The van der Waals surface area contributed by atoms with E-state index < -0.39 is 0 Å². The summed E-state index contributed by atoms with van der Waals surface area (Å²) < 4.78 is 0. The van der Waals surface area contributed by atoms with Crippen molar-refractivity contribution in [2.45, 2.75) is 57.7 Å². The van der Waals surface area contributed by atoms with Crippen LogP contribution in [0.15, 0.2) is 11.6 Å². The van der Waals surface area contributed by atoms with Gasteiger partial charge in [-0.15, -0.1) is 11.3 Å². The van der Waals surface area contributed by atoms with Crippen LogP contribution in [0.5, 0.6) is 0 Å². The van der Waals surface area contributed by atoms with Gasteiger partial charge in [-0.1, -0.05) is 0 Å². The van der Waals surface area contributed by atoms with E-state index in [0.717, 1.165) is 12.8 Å². The highest BCUT2D eigenvalue weighted by Crippen LogP contribution is 2.28. The number of nitrogens with one attached hydrogen (secondary N) is 3. The molecular formula is C13H22N4OS. The number of hydrogen-bond donors (Lipinski definition) is 3. The van der Waals surface area contributed by atoms with Gasteiger partial charge in [0, 0.05) is 28.7 Å². The van der Waals surface area contributed by atoms with Crippen LogP contribution in [0.25, 0.3) is 0 Å². The minimum atomic E-state index is -0.173. The predicted octanol–water partition coefficient (Wildman–Crippen LogP) is 2.57. The van der Waals surface area contributed by atoms with Crippen molar-refractivity contribution >= 4 is 22.5 Å². The summed E-state index contributed by atoms with van der Waals surface area (Å²) in [6.07, 6.45) is 3.51. The molecule has 106 valence electrons. The quantitative estimate of drug-likeness (QED) is 0.781. The molecule has 0 bridgehead atoms. The molecule has 1 aromatic heterocycles. The first-order valence-electron chi connectivity index (χ1n) is 6.52. The average Bonchev–Trinajstić information content (AvgIpc) is 2.63. The summed E-state index contributed by atoms with van der Waals surface area (Å²) >= 11 is 1.42. The largest absolute Gasteiger partial charge is 0.335 e. The van der Waals surface area contributed by atoms with E-state index in [1.165, 1.54) is 11.3 Å². The molecule has 6 heteroatoms. The number of thiazole rings is 1. The van der Waals surface area contributed by atoms with Crippen LogP contribution in [0, 0.1) is 0 Å². The summed E-state index contributed by atoms with van der Waals surface area (Å²) in [6, 6.07) is -0.000313. The summed E-state index contributed by atoms with van der Waals surface area (Å²) in [4.78, 5) is 16.0. The van der Waals surface area contributed by atoms with Crippen molar-refractivity contribution in [1.29, 1.82) is 0 Å². The number of anilines is 1. The van der Waals surface area contributed by atoms with Gasteiger partial charge < -0.3 is 10.6 Å². The Labute approximate surface area is 118 Å². The van der Waals surface area contributed by atoms with E-state index in [0.29, 0.717) is 5.13 Å². The normalized spacial score (nSPS) is 21.9. The Bertz CT molecular complexity index is 426. The molecule has 1 saturated heterocycles. The number of amides is 2. The molecule has 1 fully saturated rings. The van der Waals surface area contributed by atoms with Gasteiger partial charge >= 0.3 is 6.03 Å².